The number of aryl methyl sites for hydroxylation is 1. The number of benzene rings is 1. The zero-order valence-electron chi connectivity index (χ0n) is 16.4. The predicted octanol–water partition coefficient (Wildman–Crippen LogP) is 4.39. The first-order valence-electron chi connectivity index (χ1n) is 9.07. The van der Waals surface area contributed by atoms with Crippen molar-refractivity contribution in [2.45, 2.75) is 44.3 Å². The fourth-order valence-electron chi connectivity index (χ4n) is 2.75. The van der Waals surface area contributed by atoms with Crippen LogP contribution in [0.3, 0.4) is 0 Å². The normalized spacial score (nSPS) is 17.8. The lowest BCUT2D eigenvalue weighted by atomic mass is 9.95. The molecule has 0 spiro atoms. The van der Waals surface area contributed by atoms with Gasteiger partial charge >= 0.3 is 18.5 Å². The minimum Gasteiger partial charge on any atom is -0.469 e. The minimum atomic E-state index is -5.05. The molecule has 1 aromatic carbocycles. The second-order valence-corrected chi connectivity index (χ2v) is 6.55. The van der Waals surface area contributed by atoms with E-state index in [4.69, 9.17) is 4.74 Å². The van der Waals surface area contributed by atoms with Gasteiger partial charge in [0.1, 0.15) is 18.1 Å². The molecule has 0 N–H and O–H groups in total. The van der Waals surface area contributed by atoms with E-state index >= 15 is 0 Å². The van der Waals surface area contributed by atoms with Crippen LogP contribution in [0, 0.1) is 10.1 Å². The van der Waals surface area contributed by atoms with E-state index in [0.29, 0.717) is 6.08 Å². The highest BCUT2D eigenvalue weighted by Gasteiger charge is 2.58. The van der Waals surface area contributed by atoms with Gasteiger partial charge in [0.15, 0.2) is 0 Å². The number of hydrogen-bond acceptors (Lipinski definition) is 7. The summed E-state index contributed by atoms with van der Waals surface area (Å²) >= 11 is 0. The van der Waals surface area contributed by atoms with Crippen molar-refractivity contribution in [3.8, 4) is 11.5 Å². The van der Waals surface area contributed by atoms with Crippen LogP contribution in [-0.2, 0) is 20.8 Å². The Bertz CT molecular complexity index is 884. The summed E-state index contributed by atoms with van der Waals surface area (Å²) in [6, 6.07) is 1.79. The molecule has 1 aromatic rings. The summed E-state index contributed by atoms with van der Waals surface area (Å²) in [4.78, 5) is 25.7. The third-order valence-corrected chi connectivity index (χ3v) is 4.25. The summed E-state index contributed by atoms with van der Waals surface area (Å²) in [5.74, 6) is -2.02. The maximum atomic E-state index is 13.8. The molecule has 0 aromatic heterocycles. The number of fused-ring (bicyclic) bond motifs is 1. The molecule has 1 aliphatic rings. The number of alkyl halides is 6. The first-order valence-corrected chi connectivity index (χ1v) is 9.07. The van der Waals surface area contributed by atoms with Crippen LogP contribution in [0.25, 0.3) is 6.08 Å². The van der Waals surface area contributed by atoms with Gasteiger partial charge in [-0.3, -0.25) is 4.79 Å². The number of carbonyl (C=O) groups excluding carboxylic acids is 1. The molecule has 0 saturated heterocycles. The SMILES string of the molecule is CCc1cc(OC(F)(F)F)cc2c1OC(COC(=O)CCCO[N+](=O)[O-])(C(F)(F)F)C=C2. The van der Waals surface area contributed by atoms with Crippen molar-refractivity contribution in [3.05, 3.63) is 39.4 Å². The van der Waals surface area contributed by atoms with Gasteiger partial charge in [-0.15, -0.1) is 23.3 Å². The monoisotopic (exact) mass is 473 g/mol. The van der Waals surface area contributed by atoms with Gasteiger partial charge in [-0.1, -0.05) is 13.0 Å². The van der Waals surface area contributed by atoms with E-state index in [1.165, 1.54) is 6.92 Å². The van der Waals surface area contributed by atoms with Crippen molar-refractivity contribution >= 4 is 12.0 Å². The van der Waals surface area contributed by atoms with E-state index < -0.39 is 54.6 Å². The Morgan fingerprint density at radius 1 is 1.22 bits per heavy atom. The standard InChI is InChI=1S/C18H17F6NO7/c1-2-11-8-13(31-18(22,23)24)9-12-5-6-16(17(19,20)21,32-15(11)12)10-29-14(26)4-3-7-30-25(27)28/h5-6,8-9H,2-4,7,10H2,1H3. The molecule has 1 atom stereocenters. The summed E-state index contributed by atoms with van der Waals surface area (Å²) in [7, 11) is 0. The molecule has 1 heterocycles. The van der Waals surface area contributed by atoms with Crippen molar-refractivity contribution < 1.29 is 55.3 Å². The van der Waals surface area contributed by atoms with Crippen LogP contribution >= 0.6 is 0 Å². The molecule has 1 unspecified atom stereocenters. The predicted molar refractivity (Wildman–Crippen MR) is 94.1 cm³/mol. The highest BCUT2D eigenvalue weighted by atomic mass is 19.4. The average molecular weight is 473 g/mol. The molecule has 0 amide bonds. The van der Waals surface area contributed by atoms with Gasteiger partial charge in [0, 0.05) is 12.0 Å². The van der Waals surface area contributed by atoms with E-state index in [-0.39, 0.29) is 29.7 Å². The summed E-state index contributed by atoms with van der Waals surface area (Å²) in [6.45, 7) is -0.221. The molecule has 178 valence electrons. The van der Waals surface area contributed by atoms with Crippen molar-refractivity contribution in [2.75, 3.05) is 13.2 Å². The Balaban J connectivity index is 2.21. The van der Waals surface area contributed by atoms with E-state index in [1.54, 1.807) is 0 Å². The van der Waals surface area contributed by atoms with Gasteiger partial charge in [-0.05, 0) is 36.6 Å². The third kappa shape index (κ3) is 6.40. The lowest BCUT2D eigenvalue weighted by molar-refractivity contribution is -0.757. The molecular formula is C18H17F6NO7. The largest absolute Gasteiger partial charge is 0.573 e. The number of carbonyl (C=O) groups is 1. The van der Waals surface area contributed by atoms with Gasteiger partial charge in [-0.2, -0.15) is 13.2 Å². The van der Waals surface area contributed by atoms with Crippen LogP contribution in [0.2, 0.25) is 0 Å². The van der Waals surface area contributed by atoms with Crippen molar-refractivity contribution in [1.29, 1.82) is 0 Å². The summed E-state index contributed by atoms with van der Waals surface area (Å²) < 4.78 is 92.7. The molecule has 0 aliphatic carbocycles. The number of hydrogen-bond donors (Lipinski definition) is 0. The number of rotatable bonds is 9. The zero-order chi connectivity index (χ0) is 24.2. The summed E-state index contributed by atoms with van der Waals surface area (Å²) in [5, 5.41) is 8.94. The van der Waals surface area contributed by atoms with Crippen LogP contribution in [0.1, 0.15) is 30.9 Å². The summed E-state index contributed by atoms with van der Waals surface area (Å²) in [5.41, 5.74) is -3.14. The molecule has 0 fully saturated rings. The fraction of sp³-hybridized carbons (Fsp3) is 0.500. The third-order valence-electron chi connectivity index (χ3n) is 4.25. The molecular weight excluding hydrogens is 456 g/mol. The average Bonchev–Trinajstić information content (AvgIpc) is 2.66. The van der Waals surface area contributed by atoms with Crippen LogP contribution in [0.5, 0.6) is 11.5 Å². The summed E-state index contributed by atoms with van der Waals surface area (Å²) in [6.07, 6.45) is -9.19. The second-order valence-electron chi connectivity index (χ2n) is 6.55. The lowest BCUT2D eigenvalue weighted by Gasteiger charge is -2.36. The van der Waals surface area contributed by atoms with Crippen LogP contribution in [0.15, 0.2) is 18.2 Å². The molecule has 0 radical (unpaired) electrons. The van der Waals surface area contributed by atoms with Crippen molar-refractivity contribution in [2.24, 2.45) is 0 Å². The number of esters is 1. The number of halogens is 6. The molecule has 0 saturated carbocycles. The Hall–Kier alpha value is -3.19. The fourth-order valence-corrected chi connectivity index (χ4v) is 2.75. The van der Waals surface area contributed by atoms with Gasteiger partial charge in [0.05, 0.1) is 6.61 Å². The number of ether oxygens (including phenoxy) is 3. The minimum absolute atomic E-state index is 0.0166. The van der Waals surface area contributed by atoms with Gasteiger partial charge in [-0.25, -0.2) is 0 Å². The quantitative estimate of drug-likeness (QED) is 0.173. The highest BCUT2D eigenvalue weighted by molar-refractivity contribution is 5.70. The van der Waals surface area contributed by atoms with Crippen LogP contribution < -0.4 is 9.47 Å². The molecule has 1 aliphatic heterocycles. The van der Waals surface area contributed by atoms with Gasteiger partial charge in [0.25, 0.3) is 10.7 Å². The second kappa shape index (κ2) is 9.53. The van der Waals surface area contributed by atoms with E-state index in [2.05, 4.69) is 14.3 Å². The van der Waals surface area contributed by atoms with Crippen LogP contribution in [-0.4, -0.2) is 42.4 Å². The van der Waals surface area contributed by atoms with E-state index in [1.807, 2.05) is 0 Å². The molecule has 32 heavy (non-hydrogen) atoms. The molecule has 0 bridgehead atoms. The van der Waals surface area contributed by atoms with E-state index in [0.717, 1.165) is 18.2 Å². The van der Waals surface area contributed by atoms with Gasteiger partial charge in [0.2, 0.25) is 0 Å². The maximum absolute atomic E-state index is 13.8. The maximum Gasteiger partial charge on any atom is 0.573 e. The molecule has 8 nitrogen and oxygen atoms in total. The Labute approximate surface area is 176 Å². The van der Waals surface area contributed by atoms with Crippen LogP contribution in [0.4, 0.5) is 26.3 Å². The Morgan fingerprint density at radius 3 is 2.47 bits per heavy atom. The Morgan fingerprint density at radius 2 is 1.91 bits per heavy atom. The Kier molecular flexibility index (Phi) is 7.46. The smallest absolute Gasteiger partial charge is 0.469 e. The number of nitrogens with zero attached hydrogens (tertiary/aromatic N) is 1. The molecule has 2 rings (SSSR count). The molecule has 14 heteroatoms. The first-order chi connectivity index (χ1) is 14.8. The van der Waals surface area contributed by atoms with Gasteiger partial charge < -0.3 is 19.0 Å². The van der Waals surface area contributed by atoms with Crippen molar-refractivity contribution in [1.82, 2.24) is 0 Å². The van der Waals surface area contributed by atoms with E-state index in [9.17, 15) is 41.3 Å². The first kappa shape index (κ1) is 25.1. The lowest BCUT2D eigenvalue weighted by Crippen LogP contribution is -2.54. The van der Waals surface area contributed by atoms with Crippen molar-refractivity contribution in [3.63, 3.8) is 0 Å². The zero-order valence-corrected chi connectivity index (χ0v) is 16.4. The topological polar surface area (TPSA) is 97.1 Å². The highest BCUT2D eigenvalue weighted by Crippen LogP contribution is 2.44.